The van der Waals surface area contributed by atoms with Gasteiger partial charge in [0.2, 0.25) is 0 Å². The quantitative estimate of drug-likeness (QED) is 0.352. The zero-order chi connectivity index (χ0) is 19.4. The van der Waals surface area contributed by atoms with Gasteiger partial charge in [-0.15, -0.1) is 0 Å². The van der Waals surface area contributed by atoms with Crippen LogP contribution in [-0.2, 0) is 14.3 Å². The Hall–Kier alpha value is -3.39. The third-order valence-corrected chi connectivity index (χ3v) is 4.89. The van der Waals surface area contributed by atoms with Gasteiger partial charge < -0.3 is 4.42 Å². The molecule has 134 valence electrons. The van der Waals surface area contributed by atoms with Crippen LogP contribution in [0.3, 0.4) is 0 Å². The van der Waals surface area contributed by atoms with E-state index in [9.17, 15) is 13.2 Å². The molecule has 3 rings (SSSR count). The van der Waals surface area contributed by atoms with Crippen molar-refractivity contribution in [3.63, 3.8) is 0 Å². The van der Waals surface area contributed by atoms with Gasteiger partial charge in [-0.25, -0.2) is 18.1 Å². The Morgan fingerprint density at radius 1 is 1.33 bits per heavy atom. The minimum Gasteiger partial charge on any atom is -0.422 e. The molecule has 0 bridgehead atoms. The van der Waals surface area contributed by atoms with E-state index in [1.165, 1.54) is 13.0 Å². The molecule has 0 radical (unpaired) electrons. The fourth-order valence-corrected chi connectivity index (χ4v) is 3.25. The van der Waals surface area contributed by atoms with Crippen LogP contribution in [0.1, 0.15) is 23.6 Å². The van der Waals surface area contributed by atoms with Gasteiger partial charge in [-0.3, -0.25) is 4.18 Å². The Morgan fingerprint density at radius 3 is 2.89 bits per heavy atom. The van der Waals surface area contributed by atoms with Gasteiger partial charge in [-0.2, -0.15) is 0 Å². The molecular weight excluding hydrogens is 366 g/mol. The van der Waals surface area contributed by atoms with Crippen molar-refractivity contribution in [2.45, 2.75) is 6.92 Å². The standard InChI is InChI=1S/C20H13NO5S/c1-3-25-27(23,24)19(21-2)13-17-11-16-10-14-8-6-4-5-7-9-15(14)12-18(16)26-20(17)22/h4-6,8,10-13H,3H2,1H3/b5-4-,6-4?,8-6-,14-8?,19-13?. The molecule has 0 amide bonds. The van der Waals surface area contributed by atoms with E-state index in [0.717, 1.165) is 11.6 Å². The molecule has 6 nitrogen and oxygen atoms in total. The molecule has 0 saturated carbocycles. The van der Waals surface area contributed by atoms with Gasteiger partial charge in [0.1, 0.15) is 5.58 Å². The molecule has 0 spiro atoms. The van der Waals surface area contributed by atoms with Crippen molar-refractivity contribution in [1.82, 2.24) is 0 Å². The summed E-state index contributed by atoms with van der Waals surface area (Å²) < 4.78 is 33.8. The minimum absolute atomic E-state index is 0.0578. The molecule has 0 fully saturated rings. The zero-order valence-corrected chi connectivity index (χ0v) is 15.0. The number of nitrogens with zero attached hydrogens (tertiary/aromatic N) is 1. The Balaban J connectivity index is 2.19. The summed E-state index contributed by atoms with van der Waals surface area (Å²) in [6, 6.07) is 4.91. The molecule has 1 aromatic carbocycles. The van der Waals surface area contributed by atoms with E-state index in [1.807, 2.05) is 12.2 Å². The topological polar surface area (TPSA) is 77.9 Å². The van der Waals surface area contributed by atoms with Crippen molar-refractivity contribution < 1.29 is 17.0 Å². The first-order valence-electron chi connectivity index (χ1n) is 7.90. The minimum atomic E-state index is -4.22. The van der Waals surface area contributed by atoms with E-state index in [1.54, 1.807) is 24.3 Å². The van der Waals surface area contributed by atoms with Gasteiger partial charge in [-0.05, 0) is 42.8 Å². The number of allylic oxidation sites excluding steroid dienone is 3. The number of fused-ring (bicyclic) bond motifs is 2. The van der Waals surface area contributed by atoms with Crippen LogP contribution in [-0.4, -0.2) is 15.0 Å². The van der Waals surface area contributed by atoms with Crippen LogP contribution < -0.4 is 5.63 Å². The largest absolute Gasteiger partial charge is 0.422 e. The number of benzene rings is 1. The van der Waals surface area contributed by atoms with Crippen LogP contribution in [0.2, 0.25) is 0 Å². The second-order valence-electron chi connectivity index (χ2n) is 5.41. The fourth-order valence-electron chi connectivity index (χ4n) is 2.44. The Bertz CT molecular complexity index is 1280. The summed E-state index contributed by atoms with van der Waals surface area (Å²) in [5.74, 6) is 5.84. The van der Waals surface area contributed by atoms with E-state index < -0.39 is 20.8 Å². The van der Waals surface area contributed by atoms with E-state index in [4.69, 9.17) is 11.0 Å². The first-order valence-corrected chi connectivity index (χ1v) is 9.30. The highest BCUT2D eigenvalue weighted by atomic mass is 32.2. The Morgan fingerprint density at radius 2 is 2.15 bits per heavy atom. The monoisotopic (exact) mass is 379 g/mol. The predicted molar refractivity (Wildman–Crippen MR) is 103 cm³/mol. The Labute approximate surface area is 156 Å². The maximum Gasteiger partial charge on any atom is 0.342 e. The predicted octanol–water partition coefficient (Wildman–Crippen LogP) is 3.31. The summed E-state index contributed by atoms with van der Waals surface area (Å²) in [7, 11) is -4.22. The molecule has 27 heavy (non-hydrogen) atoms. The molecule has 7 heteroatoms. The number of rotatable bonds is 4. The lowest BCUT2D eigenvalue weighted by Crippen LogP contribution is -2.08. The lowest BCUT2D eigenvalue weighted by atomic mass is 10.0. The van der Waals surface area contributed by atoms with Crippen molar-refractivity contribution in [3.8, 4) is 11.8 Å². The summed E-state index contributed by atoms with van der Waals surface area (Å²) in [5.41, 5.74) is 1.04. The molecule has 2 aromatic rings. The molecule has 0 N–H and O–H groups in total. The van der Waals surface area contributed by atoms with E-state index in [2.05, 4.69) is 20.9 Å². The fraction of sp³-hybridized carbons (Fsp3) is 0.100. The normalized spacial score (nSPS) is 15.6. The summed E-state index contributed by atoms with van der Waals surface area (Å²) in [6.45, 7) is 8.45. The highest BCUT2D eigenvalue weighted by Crippen LogP contribution is 2.23. The average Bonchev–Trinajstić information content (AvgIpc) is 2.60. The van der Waals surface area contributed by atoms with Gasteiger partial charge >= 0.3 is 20.8 Å². The average molecular weight is 379 g/mol. The maximum absolute atomic E-state index is 12.2. The first kappa shape index (κ1) is 18.4. The third kappa shape index (κ3) is 3.90. The second-order valence-corrected chi connectivity index (χ2v) is 6.97. The van der Waals surface area contributed by atoms with Crippen molar-refractivity contribution >= 4 is 33.2 Å². The van der Waals surface area contributed by atoms with Crippen molar-refractivity contribution in [3.05, 3.63) is 80.0 Å². The van der Waals surface area contributed by atoms with Gasteiger partial charge in [-0.1, -0.05) is 30.1 Å². The lowest BCUT2D eigenvalue weighted by Gasteiger charge is -2.05. The van der Waals surface area contributed by atoms with Crippen LogP contribution in [0.5, 0.6) is 0 Å². The number of hydrogen-bond donors (Lipinski definition) is 0. The lowest BCUT2D eigenvalue weighted by molar-refractivity contribution is 0.343. The molecular formula is C20H13NO5S. The molecule has 0 unspecified atom stereocenters. The van der Waals surface area contributed by atoms with Gasteiger partial charge in [0, 0.05) is 10.9 Å². The smallest absolute Gasteiger partial charge is 0.342 e. The van der Waals surface area contributed by atoms with Crippen LogP contribution in [0.15, 0.2) is 50.7 Å². The van der Waals surface area contributed by atoms with Crippen LogP contribution in [0.25, 0.3) is 28.0 Å². The molecule has 1 heterocycles. The third-order valence-electron chi connectivity index (χ3n) is 3.62. The van der Waals surface area contributed by atoms with Gasteiger partial charge in [0.05, 0.1) is 18.7 Å². The Kier molecular flexibility index (Phi) is 5.09. The van der Waals surface area contributed by atoms with E-state index >= 15 is 0 Å². The SMILES string of the molecule is [C-]#[N+]C(=Cc1cc2cc3c(cc2oc1=O)C#C/C=C\C=C/3)S(=O)(=O)OCC. The summed E-state index contributed by atoms with van der Waals surface area (Å²) in [6.07, 6.45) is 8.17. The second kappa shape index (κ2) is 7.46. The molecule has 1 aliphatic rings. The van der Waals surface area contributed by atoms with Gasteiger partial charge in [0.25, 0.3) is 0 Å². The molecule has 1 aliphatic carbocycles. The van der Waals surface area contributed by atoms with Crippen LogP contribution >= 0.6 is 0 Å². The zero-order valence-electron chi connectivity index (χ0n) is 14.2. The van der Waals surface area contributed by atoms with Crippen molar-refractivity contribution in [1.29, 1.82) is 0 Å². The molecule has 0 aliphatic heterocycles. The van der Waals surface area contributed by atoms with Crippen LogP contribution in [0, 0.1) is 18.4 Å². The van der Waals surface area contributed by atoms with Crippen LogP contribution in [0.4, 0.5) is 0 Å². The summed E-state index contributed by atoms with van der Waals surface area (Å²) >= 11 is 0. The van der Waals surface area contributed by atoms with Crippen molar-refractivity contribution in [2.24, 2.45) is 0 Å². The number of hydrogen-bond acceptors (Lipinski definition) is 5. The first-order chi connectivity index (χ1) is 12.9. The summed E-state index contributed by atoms with van der Waals surface area (Å²) in [4.78, 5) is 15.2. The summed E-state index contributed by atoms with van der Waals surface area (Å²) in [5, 5.41) is -0.105. The van der Waals surface area contributed by atoms with Gasteiger partial charge in [0.15, 0.2) is 0 Å². The highest BCUT2D eigenvalue weighted by molar-refractivity contribution is 7.91. The van der Waals surface area contributed by atoms with E-state index in [-0.39, 0.29) is 12.2 Å². The van der Waals surface area contributed by atoms with E-state index in [0.29, 0.717) is 16.5 Å². The molecule has 0 saturated heterocycles. The molecule has 1 aromatic heterocycles. The van der Waals surface area contributed by atoms with Crippen molar-refractivity contribution in [2.75, 3.05) is 6.61 Å². The maximum atomic E-state index is 12.2. The molecule has 0 atom stereocenters. The highest BCUT2D eigenvalue weighted by Gasteiger charge is 2.20.